The molecule has 2 N–H and O–H groups in total. The third-order valence-electron chi connectivity index (χ3n) is 1.51. The van der Waals surface area contributed by atoms with Crippen LogP contribution in [0.1, 0.15) is 5.69 Å². The van der Waals surface area contributed by atoms with Gasteiger partial charge in [-0.05, 0) is 6.92 Å². The molecule has 2 rings (SSSR count). The summed E-state index contributed by atoms with van der Waals surface area (Å²) in [5.41, 5.74) is 0.870. The normalized spacial score (nSPS) is 9.93. The van der Waals surface area contributed by atoms with E-state index < -0.39 is 6.03 Å². The molecule has 0 aliphatic rings. The van der Waals surface area contributed by atoms with E-state index in [2.05, 4.69) is 20.8 Å². The van der Waals surface area contributed by atoms with Crippen molar-refractivity contribution in [2.45, 2.75) is 6.92 Å². The number of nitrogens with zero attached hydrogens (tertiary/aromatic N) is 2. The summed E-state index contributed by atoms with van der Waals surface area (Å²) in [5, 5.41) is 10.9. The fourth-order valence-corrected chi connectivity index (χ4v) is 1.62. The highest BCUT2D eigenvalue weighted by Crippen LogP contribution is 2.14. The van der Waals surface area contributed by atoms with Crippen molar-refractivity contribution in [3.05, 3.63) is 23.3 Å². The molecule has 0 atom stereocenters. The van der Waals surface area contributed by atoms with Crippen molar-refractivity contribution in [3.8, 4) is 0 Å². The SMILES string of the molecule is Cc1csc(NC(=O)Nc2ccno2)n1. The fraction of sp³-hybridized carbons (Fsp3) is 0.125. The standard InChI is InChI=1S/C8H8N4O2S/c1-5-4-15-8(10-5)12-7(13)11-6-2-3-9-14-6/h2-4H,1H3,(H2,10,11,12,13). The summed E-state index contributed by atoms with van der Waals surface area (Å²) in [6, 6.07) is 1.15. The topological polar surface area (TPSA) is 80.0 Å². The zero-order valence-electron chi connectivity index (χ0n) is 7.85. The molecule has 0 fully saturated rings. The zero-order chi connectivity index (χ0) is 10.7. The van der Waals surface area contributed by atoms with Crippen LogP contribution in [0.2, 0.25) is 0 Å². The number of hydrogen-bond donors (Lipinski definition) is 2. The average molecular weight is 224 g/mol. The Morgan fingerprint density at radius 2 is 2.40 bits per heavy atom. The van der Waals surface area contributed by atoms with Gasteiger partial charge in [-0.1, -0.05) is 5.16 Å². The number of urea groups is 1. The second-order valence-electron chi connectivity index (χ2n) is 2.75. The van der Waals surface area contributed by atoms with Crippen molar-refractivity contribution < 1.29 is 9.32 Å². The summed E-state index contributed by atoms with van der Waals surface area (Å²) in [6.45, 7) is 1.86. The third kappa shape index (κ3) is 2.53. The first-order valence-electron chi connectivity index (χ1n) is 4.15. The Morgan fingerprint density at radius 3 is 3.00 bits per heavy atom. The van der Waals surface area contributed by atoms with Crippen molar-refractivity contribution in [1.29, 1.82) is 0 Å². The summed E-state index contributed by atoms with van der Waals surface area (Å²) in [7, 11) is 0. The van der Waals surface area contributed by atoms with Gasteiger partial charge in [0.05, 0.1) is 11.9 Å². The van der Waals surface area contributed by atoms with Crippen molar-refractivity contribution >= 4 is 28.4 Å². The predicted molar refractivity (Wildman–Crippen MR) is 56.0 cm³/mol. The molecule has 7 heteroatoms. The minimum absolute atomic E-state index is 0.292. The van der Waals surface area contributed by atoms with E-state index in [-0.39, 0.29) is 0 Å². The number of anilines is 2. The quantitative estimate of drug-likeness (QED) is 0.818. The molecule has 15 heavy (non-hydrogen) atoms. The van der Waals surface area contributed by atoms with Gasteiger partial charge in [0.15, 0.2) is 5.13 Å². The van der Waals surface area contributed by atoms with Gasteiger partial charge >= 0.3 is 6.03 Å². The van der Waals surface area contributed by atoms with E-state index in [4.69, 9.17) is 4.52 Å². The summed E-state index contributed by atoms with van der Waals surface area (Å²) in [5.74, 6) is 0.292. The van der Waals surface area contributed by atoms with Gasteiger partial charge in [-0.15, -0.1) is 11.3 Å². The predicted octanol–water partition coefficient (Wildman–Crippen LogP) is 2.08. The maximum absolute atomic E-state index is 11.3. The average Bonchev–Trinajstić information content (AvgIpc) is 2.77. The van der Waals surface area contributed by atoms with Crippen molar-refractivity contribution in [3.63, 3.8) is 0 Å². The van der Waals surface area contributed by atoms with E-state index in [1.807, 2.05) is 12.3 Å². The molecule has 2 aromatic rings. The highest BCUT2D eigenvalue weighted by atomic mass is 32.1. The summed E-state index contributed by atoms with van der Waals surface area (Å²) in [4.78, 5) is 15.4. The maximum Gasteiger partial charge on any atom is 0.327 e. The van der Waals surface area contributed by atoms with Crippen molar-refractivity contribution in [2.24, 2.45) is 0 Å². The van der Waals surface area contributed by atoms with Crippen LogP contribution in [-0.2, 0) is 0 Å². The lowest BCUT2D eigenvalue weighted by Gasteiger charge is -2.00. The van der Waals surface area contributed by atoms with Crippen LogP contribution in [0.25, 0.3) is 0 Å². The smallest absolute Gasteiger partial charge is 0.327 e. The Kier molecular flexibility index (Phi) is 2.64. The molecule has 0 unspecified atom stereocenters. The number of nitrogens with one attached hydrogen (secondary N) is 2. The van der Waals surface area contributed by atoms with Crippen LogP contribution in [0, 0.1) is 6.92 Å². The van der Waals surface area contributed by atoms with Crippen molar-refractivity contribution in [2.75, 3.05) is 10.6 Å². The number of thiazole rings is 1. The number of aromatic nitrogens is 2. The Bertz CT molecular complexity index is 451. The molecule has 0 aliphatic carbocycles. The number of carbonyl (C=O) groups is 1. The Morgan fingerprint density at radius 1 is 1.53 bits per heavy atom. The number of hydrogen-bond acceptors (Lipinski definition) is 5. The highest BCUT2D eigenvalue weighted by Gasteiger charge is 2.06. The molecule has 0 saturated carbocycles. The van der Waals surface area contributed by atoms with Crippen LogP contribution in [0.15, 0.2) is 22.2 Å². The van der Waals surface area contributed by atoms with Gasteiger partial charge in [-0.3, -0.25) is 10.6 Å². The lowest BCUT2D eigenvalue weighted by atomic mass is 10.6. The van der Waals surface area contributed by atoms with Crippen molar-refractivity contribution in [1.82, 2.24) is 10.1 Å². The minimum Gasteiger partial charge on any atom is -0.338 e. The van der Waals surface area contributed by atoms with Gasteiger partial charge in [0.1, 0.15) is 0 Å². The number of carbonyl (C=O) groups excluding carboxylic acids is 1. The molecule has 0 aliphatic heterocycles. The Labute approximate surface area is 89.3 Å². The van der Waals surface area contributed by atoms with Gasteiger partial charge in [-0.2, -0.15) is 0 Å². The van der Waals surface area contributed by atoms with E-state index in [1.54, 1.807) is 6.07 Å². The lowest BCUT2D eigenvalue weighted by molar-refractivity contribution is 0.261. The molecule has 0 bridgehead atoms. The fourth-order valence-electron chi connectivity index (χ4n) is 0.932. The van der Waals surface area contributed by atoms with Gasteiger partial charge in [-0.25, -0.2) is 9.78 Å². The molecule has 0 spiro atoms. The molecular formula is C8H8N4O2S. The van der Waals surface area contributed by atoms with E-state index in [1.165, 1.54) is 17.5 Å². The van der Waals surface area contributed by atoms with Gasteiger partial charge in [0.25, 0.3) is 0 Å². The number of aryl methyl sites for hydroxylation is 1. The monoisotopic (exact) mass is 224 g/mol. The molecule has 0 saturated heterocycles. The molecule has 2 heterocycles. The van der Waals surface area contributed by atoms with Crippen LogP contribution in [0.3, 0.4) is 0 Å². The largest absolute Gasteiger partial charge is 0.338 e. The maximum atomic E-state index is 11.3. The van der Waals surface area contributed by atoms with Crippen LogP contribution in [0.4, 0.5) is 15.8 Å². The third-order valence-corrected chi connectivity index (χ3v) is 2.39. The summed E-state index contributed by atoms with van der Waals surface area (Å²) >= 11 is 1.36. The summed E-state index contributed by atoms with van der Waals surface area (Å²) in [6.07, 6.45) is 1.45. The Balaban J connectivity index is 1.93. The van der Waals surface area contributed by atoms with Gasteiger partial charge in [0, 0.05) is 11.4 Å². The first-order valence-corrected chi connectivity index (χ1v) is 5.03. The van der Waals surface area contributed by atoms with E-state index >= 15 is 0 Å². The summed E-state index contributed by atoms with van der Waals surface area (Å²) < 4.78 is 4.71. The minimum atomic E-state index is -0.402. The lowest BCUT2D eigenvalue weighted by Crippen LogP contribution is -2.18. The second kappa shape index (κ2) is 4.09. The Hall–Kier alpha value is -1.89. The van der Waals surface area contributed by atoms with E-state index in [9.17, 15) is 4.79 Å². The molecule has 2 amide bonds. The van der Waals surface area contributed by atoms with Crippen LogP contribution in [0.5, 0.6) is 0 Å². The first-order chi connectivity index (χ1) is 7.24. The highest BCUT2D eigenvalue weighted by molar-refractivity contribution is 7.13. The molecule has 6 nitrogen and oxygen atoms in total. The molecule has 78 valence electrons. The first kappa shape index (κ1) is 9.66. The molecule has 0 radical (unpaired) electrons. The van der Waals surface area contributed by atoms with E-state index in [0.717, 1.165) is 5.69 Å². The molecule has 2 aromatic heterocycles. The van der Waals surface area contributed by atoms with Crippen LogP contribution in [-0.4, -0.2) is 16.2 Å². The number of amides is 2. The van der Waals surface area contributed by atoms with Gasteiger partial charge < -0.3 is 4.52 Å². The van der Waals surface area contributed by atoms with Gasteiger partial charge in [0.2, 0.25) is 5.88 Å². The molecule has 0 aromatic carbocycles. The zero-order valence-corrected chi connectivity index (χ0v) is 8.67. The number of rotatable bonds is 2. The van der Waals surface area contributed by atoms with E-state index in [0.29, 0.717) is 11.0 Å². The van der Waals surface area contributed by atoms with Crippen LogP contribution >= 0.6 is 11.3 Å². The molecular weight excluding hydrogens is 216 g/mol. The second-order valence-corrected chi connectivity index (χ2v) is 3.61. The van der Waals surface area contributed by atoms with Crippen LogP contribution < -0.4 is 10.6 Å².